The molecular formula is C14H8Br2FNO. The van der Waals surface area contributed by atoms with Crippen LogP contribution in [0.5, 0.6) is 11.5 Å². The summed E-state index contributed by atoms with van der Waals surface area (Å²) in [5, 5.41) is 9.78. The third kappa shape index (κ3) is 3.34. The summed E-state index contributed by atoms with van der Waals surface area (Å²) in [7, 11) is 0. The Morgan fingerprint density at radius 1 is 1.16 bits per heavy atom. The maximum atomic E-state index is 13.0. The van der Waals surface area contributed by atoms with Crippen LogP contribution < -0.4 is 4.74 Å². The molecule has 0 aromatic heterocycles. The van der Waals surface area contributed by atoms with Crippen LogP contribution in [0.2, 0.25) is 0 Å². The van der Waals surface area contributed by atoms with Gasteiger partial charge in [0, 0.05) is 5.33 Å². The highest BCUT2D eigenvalue weighted by atomic mass is 79.9. The molecule has 0 spiro atoms. The van der Waals surface area contributed by atoms with E-state index in [1.54, 1.807) is 12.1 Å². The Morgan fingerprint density at radius 2 is 1.89 bits per heavy atom. The van der Waals surface area contributed by atoms with E-state index in [4.69, 9.17) is 10.00 Å². The maximum absolute atomic E-state index is 13.0. The van der Waals surface area contributed by atoms with E-state index in [-0.39, 0.29) is 5.82 Å². The third-order valence-corrected chi connectivity index (χ3v) is 3.70. The van der Waals surface area contributed by atoms with Gasteiger partial charge in [0.05, 0.1) is 10.0 Å². The first kappa shape index (κ1) is 14.0. The standard InChI is InChI=1S/C14H8Br2FNO/c15-7-9-1-3-13(10(5-9)8-18)19-14-4-2-11(17)6-12(14)16/h1-6H,7H2. The topological polar surface area (TPSA) is 33.0 Å². The lowest BCUT2D eigenvalue weighted by molar-refractivity contribution is 0.475. The number of alkyl halides is 1. The zero-order valence-corrected chi connectivity index (χ0v) is 12.8. The molecule has 2 aromatic rings. The number of nitrogens with zero attached hydrogens (tertiary/aromatic N) is 1. The lowest BCUT2D eigenvalue weighted by Crippen LogP contribution is -1.91. The highest BCUT2D eigenvalue weighted by Gasteiger charge is 2.09. The van der Waals surface area contributed by atoms with Gasteiger partial charge in [0.25, 0.3) is 0 Å². The minimum atomic E-state index is -0.352. The molecule has 2 nitrogen and oxygen atoms in total. The molecular weight excluding hydrogens is 377 g/mol. The fourth-order valence-electron chi connectivity index (χ4n) is 1.51. The van der Waals surface area contributed by atoms with Crippen molar-refractivity contribution in [2.75, 3.05) is 0 Å². The Labute approximate surface area is 127 Å². The lowest BCUT2D eigenvalue weighted by atomic mass is 10.1. The van der Waals surface area contributed by atoms with Gasteiger partial charge in [0.15, 0.2) is 0 Å². The normalized spacial score (nSPS) is 10.0. The van der Waals surface area contributed by atoms with Crippen molar-refractivity contribution in [3.63, 3.8) is 0 Å². The van der Waals surface area contributed by atoms with Gasteiger partial charge in [-0.3, -0.25) is 0 Å². The van der Waals surface area contributed by atoms with Crippen molar-refractivity contribution in [3.05, 3.63) is 57.8 Å². The minimum Gasteiger partial charge on any atom is -0.455 e. The predicted molar refractivity (Wildman–Crippen MR) is 78.0 cm³/mol. The molecule has 0 radical (unpaired) electrons. The van der Waals surface area contributed by atoms with Gasteiger partial charge in [-0.25, -0.2) is 4.39 Å². The van der Waals surface area contributed by atoms with E-state index in [9.17, 15) is 4.39 Å². The number of hydrogen-bond acceptors (Lipinski definition) is 2. The van der Waals surface area contributed by atoms with Crippen LogP contribution in [0.25, 0.3) is 0 Å². The summed E-state index contributed by atoms with van der Waals surface area (Å²) < 4.78 is 19.1. The summed E-state index contributed by atoms with van der Waals surface area (Å²) in [6, 6.07) is 11.6. The van der Waals surface area contributed by atoms with Gasteiger partial charge in [-0.05, 0) is 51.8 Å². The van der Waals surface area contributed by atoms with E-state index in [0.717, 1.165) is 5.56 Å². The van der Waals surface area contributed by atoms with Gasteiger partial charge in [0.2, 0.25) is 0 Å². The smallest absolute Gasteiger partial charge is 0.145 e. The van der Waals surface area contributed by atoms with Crippen molar-refractivity contribution < 1.29 is 9.13 Å². The molecule has 0 bridgehead atoms. The molecule has 19 heavy (non-hydrogen) atoms. The third-order valence-electron chi connectivity index (χ3n) is 2.43. The molecule has 96 valence electrons. The number of rotatable bonds is 3. The SMILES string of the molecule is N#Cc1cc(CBr)ccc1Oc1ccc(F)cc1Br. The van der Waals surface area contributed by atoms with Gasteiger partial charge in [-0.15, -0.1) is 0 Å². The molecule has 0 amide bonds. The molecule has 0 aliphatic heterocycles. The zero-order valence-electron chi connectivity index (χ0n) is 9.66. The first-order valence-corrected chi connectivity index (χ1v) is 7.27. The summed E-state index contributed by atoms with van der Waals surface area (Å²) in [4.78, 5) is 0. The van der Waals surface area contributed by atoms with E-state index in [1.165, 1.54) is 18.2 Å². The molecule has 2 rings (SSSR count). The number of hydrogen-bond donors (Lipinski definition) is 0. The number of halogens is 3. The average molecular weight is 385 g/mol. The van der Waals surface area contributed by atoms with Crippen molar-refractivity contribution in [3.8, 4) is 17.6 Å². The predicted octanol–water partition coefficient (Wildman–Crippen LogP) is 5.15. The van der Waals surface area contributed by atoms with Crippen molar-refractivity contribution >= 4 is 31.9 Å². The van der Waals surface area contributed by atoms with Gasteiger partial charge in [-0.1, -0.05) is 22.0 Å². The summed E-state index contributed by atoms with van der Waals surface area (Å²) >= 11 is 6.56. The summed E-state index contributed by atoms with van der Waals surface area (Å²) in [5.74, 6) is 0.554. The van der Waals surface area contributed by atoms with Gasteiger partial charge < -0.3 is 4.74 Å². The summed E-state index contributed by atoms with van der Waals surface area (Å²) in [6.07, 6.45) is 0. The quantitative estimate of drug-likeness (QED) is 0.685. The molecule has 0 saturated carbocycles. The second kappa shape index (κ2) is 6.18. The van der Waals surface area contributed by atoms with Crippen LogP contribution in [0.4, 0.5) is 4.39 Å². The van der Waals surface area contributed by atoms with Crippen LogP contribution in [0, 0.1) is 17.1 Å². The Hall–Kier alpha value is -1.38. The highest BCUT2D eigenvalue weighted by molar-refractivity contribution is 9.10. The monoisotopic (exact) mass is 383 g/mol. The average Bonchev–Trinajstić information content (AvgIpc) is 2.42. The van der Waals surface area contributed by atoms with Crippen LogP contribution in [-0.2, 0) is 5.33 Å². The fraction of sp³-hybridized carbons (Fsp3) is 0.0714. The number of ether oxygens (including phenoxy) is 1. The lowest BCUT2D eigenvalue weighted by Gasteiger charge is -2.10. The molecule has 0 saturated heterocycles. The van der Waals surface area contributed by atoms with Gasteiger partial charge in [0.1, 0.15) is 23.4 Å². The second-order valence-electron chi connectivity index (χ2n) is 3.75. The first-order valence-electron chi connectivity index (χ1n) is 5.36. The summed E-state index contributed by atoms with van der Waals surface area (Å²) in [6.45, 7) is 0. The van der Waals surface area contributed by atoms with Crippen LogP contribution in [0.1, 0.15) is 11.1 Å². The zero-order chi connectivity index (χ0) is 13.8. The van der Waals surface area contributed by atoms with E-state index < -0.39 is 0 Å². The Balaban J connectivity index is 2.35. The molecule has 0 fully saturated rings. The van der Waals surface area contributed by atoms with E-state index in [1.807, 2.05) is 6.07 Å². The largest absolute Gasteiger partial charge is 0.455 e. The Morgan fingerprint density at radius 3 is 2.53 bits per heavy atom. The second-order valence-corrected chi connectivity index (χ2v) is 5.17. The number of nitriles is 1. The summed E-state index contributed by atoms with van der Waals surface area (Å²) in [5.41, 5.74) is 1.43. The van der Waals surface area contributed by atoms with E-state index in [2.05, 4.69) is 37.9 Å². The van der Waals surface area contributed by atoms with Crippen LogP contribution in [-0.4, -0.2) is 0 Å². The van der Waals surface area contributed by atoms with Crippen molar-refractivity contribution in [1.29, 1.82) is 5.26 Å². The molecule has 0 aliphatic rings. The van der Waals surface area contributed by atoms with Gasteiger partial charge in [-0.2, -0.15) is 5.26 Å². The Bertz CT molecular complexity index is 652. The maximum Gasteiger partial charge on any atom is 0.145 e. The van der Waals surface area contributed by atoms with Crippen molar-refractivity contribution in [1.82, 2.24) is 0 Å². The molecule has 0 N–H and O–H groups in total. The molecule has 0 aliphatic carbocycles. The van der Waals surface area contributed by atoms with E-state index >= 15 is 0 Å². The fourth-order valence-corrected chi connectivity index (χ4v) is 2.29. The van der Waals surface area contributed by atoms with Crippen LogP contribution in [0.15, 0.2) is 40.9 Å². The first-order chi connectivity index (χ1) is 9.13. The van der Waals surface area contributed by atoms with Crippen LogP contribution in [0.3, 0.4) is 0 Å². The van der Waals surface area contributed by atoms with Crippen molar-refractivity contribution in [2.24, 2.45) is 0 Å². The van der Waals surface area contributed by atoms with Crippen molar-refractivity contribution in [2.45, 2.75) is 5.33 Å². The molecule has 0 atom stereocenters. The highest BCUT2D eigenvalue weighted by Crippen LogP contribution is 2.32. The minimum absolute atomic E-state index is 0.352. The number of benzene rings is 2. The van der Waals surface area contributed by atoms with Gasteiger partial charge >= 0.3 is 0 Å². The molecule has 2 aromatic carbocycles. The Kier molecular flexibility index (Phi) is 4.56. The molecule has 0 unspecified atom stereocenters. The molecule has 0 heterocycles. The molecule has 5 heteroatoms. The van der Waals surface area contributed by atoms with Crippen LogP contribution >= 0.6 is 31.9 Å². The van der Waals surface area contributed by atoms with E-state index in [0.29, 0.717) is 26.9 Å².